The van der Waals surface area contributed by atoms with Gasteiger partial charge in [-0.15, -0.1) is 21.5 Å². The summed E-state index contributed by atoms with van der Waals surface area (Å²) in [5, 5.41) is 8.84. The molecule has 0 atom stereocenters. The van der Waals surface area contributed by atoms with Gasteiger partial charge in [0.2, 0.25) is 15.8 Å². The summed E-state index contributed by atoms with van der Waals surface area (Å²) in [6.07, 6.45) is 0. The first-order valence-corrected chi connectivity index (χ1v) is 7.83. The molecule has 2 aromatic heterocycles. The Labute approximate surface area is 111 Å². The second kappa shape index (κ2) is 4.39. The van der Waals surface area contributed by atoms with Crippen molar-refractivity contribution in [1.29, 1.82) is 0 Å². The zero-order valence-corrected chi connectivity index (χ0v) is 12.0. The van der Waals surface area contributed by atoms with Crippen molar-refractivity contribution >= 4 is 43.1 Å². The minimum Gasteiger partial charge on any atom is -0.368 e. The predicted octanol–water partition coefficient (Wildman–Crippen LogP) is 1.20. The number of hydrogen-bond donors (Lipinski definition) is 1. The molecule has 0 amide bonds. The van der Waals surface area contributed by atoms with Crippen LogP contribution in [0.25, 0.3) is 0 Å². The molecule has 0 aliphatic heterocycles. The van der Waals surface area contributed by atoms with E-state index in [0.29, 0.717) is 0 Å². The van der Waals surface area contributed by atoms with Crippen LogP contribution in [-0.4, -0.2) is 23.2 Å². The summed E-state index contributed by atoms with van der Waals surface area (Å²) in [6.45, 7) is 0. The SMILES string of the molecule is Cn1c(N)nnc1S(=O)(=O)Cc1cc(Br)cs1. The number of sulfone groups is 1. The quantitative estimate of drug-likeness (QED) is 0.909. The lowest BCUT2D eigenvalue weighted by Crippen LogP contribution is -2.11. The van der Waals surface area contributed by atoms with Gasteiger partial charge in [0.1, 0.15) is 0 Å². The number of hydrogen-bond acceptors (Lipinski definition) is 6. The van der Waals surface area contributed by atoms with Crippen molar-refractivity contribution < 1.29 is 8.42 Å². The first-order chi connectivity index (χ1) is 7.90. The highest BCUT2D eigenvalue weighted by Gasteiger charge is 2.23. The van der Waals surface area contributed by atoms with Crippen molar-refractivity contribution in [2.45, 2.75) is 10.9 Å². The first kappa shape index (κ1) is 12.5. The van der Waals surface area contributed by atoms with Crippen LogP contribution in [0, 0.1) is 0 Å². The third-order valence-corrected chi connectivity index (χ3v) is 5.58. The lowest BCUT2D eigenvalue weighted by Gasteiger charge is -2.01. The van der Waals surface area contributed by atoms with Crippen molar-refractivity contribution in [3.63, 3.8) is 0 Å². The third-order valence-electron chi connectivity index (χ3n) is 2.10. The lowest BCUT2D eigenvalue weighted by molar-refractivity contribution is 0.578. The van der Waals surface area contributed by atoms with Crippen molar-refractivity contribution in [1.82, 2.24) is 14.8 Å². The fourth-order valence-electron chi connectivity index (χ4n) is 1.28. The summed E-state index contributed by atoms with van der Waals surface area (Å²) in [5.74, 6) is -0.0224. The molecule has 0 saturated carbocycles. The van der Waals surface area contributed by atoms with E-state index in [1.807, 2.05) is 5.38 Å². The minimum atomic E-state index is -3.51. The highest BCUT2D eigenvalue weighted by atomic mass is 79.9. The molecule has 2 heterocycles. The molecular weight excluding hydrogens is 328 g/mol. The number of nitrogens with two attached hydrogens (primary N) is 1. The molecule has 0 fully saturated rings. The van der Waals surface area contributed by atoms with Crippen LogP contribution in [0.4, 0.5) is 5.95 Å². The van der Waals surface area contributed by atoms with Crippen LogP contribution in [0.3, 0.4) is 0 Å². The predicted molar refractivity (Wildman–Crippen MR) is 68.3 cm³/mol. The maximum absolute atomic E-state index is 12.1. The second-order valence-corrected chi connectivity index (χ2v) is 7.18. The Kier molecular flexibility index (Phi) is 3.23. The summed E-state index contributed by atoms with van der Waals surface area (Å²) in [4.78, 5) is 0.735. The smallest absolute Gasteiger partial charge is 0.251 e. The first-order valence-electron chi connectivity index (χ1n) is 4.50. The van der Waals surface area contributed by atoms with Crippen LogP contribution in [0.1, 0.15) is 4.88 Å². The number of rotatable bonds is 3. The summed E-state index contributed by atoms with van der Waals surface area (Å²) in [6, 6.07) is 1.77. The Morgan fingerprint density at radius 3 is 2.71 bits per heavy atom. The monoisotopic (exact) mass is 336 g/mol. The minimum absolute atomic E-state index is 0.0796. The van der Waals surface area contributed by atoms with Crippen LogP contribution >= 0.6 is 27.3 Å². The molecule has 0 aliphatic carbocycles. The zero-order chi connectivity index (χ0) is 12.6. The number of nitrogen functional groups attached to an aromatic ring is 1. The van der Waals surface area contributed by atoms with Gasteiger partial charge >= 0.3 is 0 Å². The summed E-state index contributed by atoms with van der Waals surface area (Å²) in [5.41, 5.74) is 5.45. The van der Waals surface area contributed by atoms with Crippen molar-refractivity contribution in [3.8, 4) is 0 Å². The van der Waals surface area contributed by atoms with E-state index in [1.54, 1.807) is 6.07 Å². The normalized spacial score (nSPS) is 11.9. The summed E-state index contributed by atoms with van der Waals surface area (Å²) in [7, 11) is -1.99. The van der Waals surface area contributed by atoms with Gasteiger partial charge in [-0.1, -0.05) is 0 Å². The molecular formula is C8H9BrN4O2S2. The molecule has 17 heavy (non-hydrogen) atoms. The molecule has 0 saturated heterocycles. The van der Waals surface area contributed by atoms with Crippen molar-refractivity contribution in [2.24, 2.45) is 7.05 Å². The Hall–Kier alpha value is -0.930. The molecule has 6 nitrogen and oxygen atoms in total. The molecule has 0 unspecified atom stereocenters. The molecule has 0 bridgehead atoms. The molecule has 2 N–H and O–H groups in total. The van der Waals surface area contributed by atoms with Crippen LogP contribution in [0.2, 0.25) is 0 Å². The van der Waals surface area contributed by atoms with Gasteiger partial charge in [0.05, 0.1) is 5.75 Å². The van der Waals surface area contributed by atoms with E-state index < -0.39 is 9.84 Å². The third kappa shape index (κ3) is 2.50. The topological polar surface area (TPSA) is 90.9 Å². The van der Waals surface area contributed by atoms with Gasteiger partial charge in [0.15, 0.2) is 0 Å². The largest absolute Gasteiger partial charge is 0.368 e. The molecule has 0 aromatic carbocycles. The van der Waals surface area contributed by atoms with Gasteiger partial charge in [-0.25, -0.2) is 8.42 Å². The van der Waals surface area contributed by atoms with E-state index >= 15 is 0 Å². The standard InChI is InChI=1S/C8H9BrN4O2S2/c1-13-7(10)11-12-8(13)17(14,15)4-6-2-5(9)3-16-6/h2-3H,4H2,1H3,(H2,10,11). The maximum atomic E-state index is 12.1. The highest BCUT2D eigenvalue weighted by molar-refractivity contribution is 9.10. The van der Waals surface area contributed by atoms with Gasteiger partial charge < -0.3 is 5.73 Å². The van der Waals surface area contributed by atoms with Crippen LogP contribution in [-0.2, 0) is 22.6 Å². The molecule has 0 radical (unpaired) electrons. The molecule has 2 aromatic rings. The van der Waals surface area contributed by atoms with E-state index in [2.05, 4.69) is 26.1 Å². The van der Waals surface area contributed by atoms with E-state index in [1.165, 1.54) is 23.0 Å². The average Bonchev–Trinajstić information content (AvgIpc) is 2.75. The lowest BCUT2D eigenvalue weighted by atomic mass is 10.5. The van der Waals surface area contributed by atoms with Crippen LogP contribution in [0.5, 0.6) is 0 Å². The number of anilines is 1. The Bertz CT molecular complexity index is 646. The molecule has 2 rings (SSSR count). The molecule has 92 valence electrons. The fourth-order valence-corrected chi connectivity index (χ4v) is 4.51. The van der Waals surface area contributed by atoms with Gasteiger partial charge in [-0.05, 0) is 22.0 Å². The fraction of sp³-hybridized carbons (Fsp3) is 0.250. The Morgan fingerprint density at radius 1 is 1.53 bits per heavy atom. The van der Waals surface area contributed by atoms with Gasteiger partial charge in [0, 0.05) is 21.8 Å². The highest BCUT2D eigenvalue weighted by Crippen LogP contribution is 2.24. The van der Waals surface area contributed by atoms with E-state index in [-0.39, 0.29) is 16.9 Å². The second-order valence-electron chi connectivity index (χ2n) is 3.39. The summed E-state index contributed by atoms with van der Waals surface area (Å²) < 4.78 is 26.2. The van der Waals surface area contributed by atoms with E-state index in [4.69, 9.17) is 5.73 Å². The summed E-state index contributed by atoms with van der Waals surface area (Å²) >= 11 is 4.65. The zero-order valence-electron chi connectivity index (χ0n) is 8.79. The average molecular weight is 337 g/mol. The number of halogens is 1. The molecule has 9 heteroatoms. The Morgan fingerprint density at radius 2 is 2.24 bits per heavy atom. The molecule has 0 spiro atoms. The van der Waals surface area contributed by atoms with E-state index in [0.717, 1.165) is 9.35 Å². The van der Waals surface area contributed by atoms with Crippen molar-refractivity contribution in [2.75, 3.05) is 5.73 Å². The van der Waals surface area contributed by atoms with Gasteiger partial charge in [-0.2, -0.15) is 0 Å². The van der Waals surface area contributed by atoms with Gasteiger partial charge in [-0.3, -0.25) is 4.57 Å². The van der Waals surface area contributed by atoms with Crippen LogP contribution in [0.15, 0.2) is 21.1 Å². The number of thiophene rings is 1. The number of nitrogens with zero attached hydrogens (tertiary/aromatic N) is 3. The number of aromatic nitrogens is 3. The van der Waals surface area contributed by atoms with Gasteiger partial charge in [0.25, 0.3) is 5.16 Å². The maximum Gasteiger partial charge on any atom is 0.251 e. The Balaban J connectivity index is 2.34. The van der Waals surface area contributed by atoms with E-state index in [9.17, 15) is 8.42 Å². The molecule has 0 aliphatic rings. The van der Waals surface area contributed by atoms with Crippen molar-refractivity contribution in [3.05, 3.63) is 20.8 Å². The van der Waals surface area contributed by atoms with Crippen LogP contribution < -0.4 is 5.73 Å².